The van der Waals surface area contributed by atoms with Crippen molar-refractivity contribution in [1.82, 2.24) is 0 Å². The van der Waals surface area contributed by atoms with Crippen molar-refractivity contribution in [2.45, 2.75) is 12.3 Å². The smallest absolute Gasteiger partial charge is 0.240 e. The molecule has 6 heteroatoms. The van der Waals surface area contributed by atoms with Crippen LogP contribution in [0.3, 0.4) is 0 Å². The summed E-state index contributed by atoms with van der Waals surface area (Å²) in [5.41, 5.74) is 0. The Balaban J connectivity index is 3.63. The summed E-state index contributed by atoms with van der Waals surface area (Å²) in [6.45, 7) is -1.43. The van der Waals surface area contributed by atoms with Crippen LogP contribution in [-0.4, -0.2) is 26.1 Å². The maximum atomic E-state index is 11.8. The molecule has 0 saturated heterocycles. The van der Waals surface area contributed by atoms with Crippen LogP contribution in [0.25, 0.3) is 0 Å². The number of alkyl halides is 4. The monoisotopic (exact) mass is 162 g/mol. The highest BCUT2D eigenvalue weighted by Gasteiger charge is 2.41. The average Bonchev–Trinajstić information content (AvgIpc) is 1.84. The van der Waals surface area contributed by atoms with E-state index in [2.05, 4.69) is 9.78 Å². The second kappa shape index (κ2) is 3.72. The van der Waals surface area contributed by atoms with Crippen LogP contribution in [-0.2, 0) is 9.78 Å². The topological polar surface area (TPSA) is 18.5 Å². The van der Waals surface area contributed by atoms with Crippen LogP contribution in [0.4, 0.5) is 17.6 Å². The Hall–Kier alpha value is -0.360. The molecular weight excluding hydrogens is 156 g/mol. The summed E-state index contributed by atoms with van der Waals surface area (Å²) in [6, 6.07) is 0. The fourth-order valence-electron chi connectivity index (χ4n) is 0.200. The van der Waals surface area contributed by atoms with Gasteiger partial charge in [-0.25, -0.2) is 18.6 Å². The van der Waals surface area contributed by atoms with Gasteiger partial charge in [-0.05, 0) is 0 Å². The molecule has 0 aromatic heterocycles. The molecule has 0 unspecified atom stereocenters. The first-order valence-electron chi connectivity index (χ1n) is 2.32. The quantitative estimate of drug-likeness (QED) is 0.354. The van der Waals surface area contributed by atoms with Gasteiger partial charge in [-0.2, -0.15) is 8.78 Å². The SMILES string of the molecule is COOCC(F)(F)C(F)F. The summed E-state index contributed by atoms with van der Waals surface area (Å²) in [6.07, 6.45) is -3.72. The van der Waals surface area contributed by atoms with E-state index in [1.165, 1.54) is 0 Å². The molecule has 0 fully saturated rings. The minimum absolute atomic E-state index is 0.960. The van der Waals surface area contributed by atoms with E-state index in [4.69, 9.17) is 0 Å². The van der Waals surface area contributed by atoms with Crippen molar-refractivity contribution in [2.75, 3.05) is 13.7 Å². The Morgan fingerprint density at radius 2 is 1.90 bits per heavy atom. The largest absolute Gasteiger partial charge is 0.333 e. The van der Waals surface area contributed by atoms with Crippen molar-refractivity contribution in [3.63, 3.8) is 0 Å². The Bertz CT molecular complexity index is 95.3. The first-order valence-corrected chi connectivity index (χ1v) is 2.32. The van der Waals surface area contributed by atoms with Crippen LogP contribution < -0.4 is 0 Å². The van der Waals surface area contributed by atoms with Gasteiger partial charge in [-0.15, -0.1) is 0 Å². The molecule has 62 valence electrons. The van der Waals surface area contributed by atoms with Crippen molar-refractivity contribution in [3.05, 3.63) is 0 Å². The Morgan fingerprint density at radius 1 is 1.40 bits per heavy atom. The van der Waals surface area contributed by atoms with Gasteiger partial charge >= 0.3 is 12.3 Å². The van der Waals surface area contributed by atoms with Crippen LogP contribution in [0.5, 0.6) is 0 Å². The number of hydrogen-bond acceptors (Lipinski definition) is 2. The normalized spacial score (nSPS) is 12.6. The molecule has 2 nitrogen and oxygen atoms in total. The highest BCUT2D eigenvalue weighted by Crippen LogP contribution is 2.22. The molecule has 0 N–H and O–H groups in total. The molecule has 0 aliphatic carbocycles. The molecular formula is C4H6F4O2. The Kier molecular flexibility index (Phi) is 3.59. The van der Waals surface area contributed by atoms with Crippen LogP contribution in [0.2, 0.25) is 0 Å². The van der Waals surface area contributed by atoms with Gasteiger partial charge in [0.15, 0.2) is 6.61 Å². The molecule has 0 aliphatic rings. The summed E-state index contributed by atoms with van der Waals surface area (Å²) in [7, 11) is 0.960. The molecule has 0 aliphatic heterocycles. The molecule has 0 spiro atoms. The van der Waals surface area contributed by atoms with Crippen molar-refractivity contribution >= 4 is 0 Å². The standard InChI is InChI=1S/C4H6F4O2/c1-9-10-2-4(7,8)3(5)6/h3H,2H2,1H3. The van der Waals surface area contributed by atoms with E-state index in [0.717, 1.165) is 7.11 Å². The first-order chi connectivity index (χ1) is 4.50. The second-order valence-electron chi connectivity index (χ2n) is 1.49. The van der Waals surface area contributed by atoms with Gasteiger partial charge in [0.2, 0.25) is 0 Å². The summed E-state index contributed by atoms with van der Waals surface area (Å²) < 4.78 is 46.1. The zero-order valence-corrected chi connectivity index (χ0v) is 5.11. The molecule has 0 radical (unpaired) electrons. The van der Waals surface area contributed by atoms with Crippen LogP contribution in [0, 0.1) is 0 Å². The van der Waals surface area contributed by atoms with E-state index in [0.29, 0.717) is 0 Å². The third kappa shape index (κ3) is 2.98. The minimum atomic E-state index is -4.13. The molecule has 10 heavy (non-hydrogen) atoms. The van der Waals surface area contributed by atoms with E-state index in [1.54, 1.807) is 0 Å². The number of halogens is 4. The molecule has 0 bridgehead atoms. The highest BCUT2D eigenvalue weighted by atomic mass is 19.3. The first kappa shape index (κ1) is 9.64. The van der Waals surface area contributed by atoms with Gasteiger partial charge in [0.05, 0.1) is 7.11 Å². The Morgan fingerprint density at radius 3 is 2.20 bits per heavy atom. The van der Waals surface area contributed by atoms with E-state index < -0.39 is 19.0 Å². The molecule has 0 amide bonds. The van der Waals surface area contributed by atoms with E-state index in [9.17, 15) is 17.6 Å². The lowest BCUT2D eigenvalue weighted by atomic mass is 10.4. The lowest BCUT2D eigenvalue weighted by Crippen LogP contribution is -2.32. The van der Waals surface area contributed by atoms with Crippen molar-refractivity contribution < 1.29 is 27.3 Å². The Labute approximate surface area is 54.7 Å². The number of rotatable bonds is 4. The van der Waals surface area contributed by atoms with Gasteiger partial charge in [0.1, 0.15) is 0 Å². The van der Waals surface area contributed by atoms with Gasteiger partial charge in [0, 0.05) is 0 Å². The lowest BCUT2D eigenvalue weighted by molar-refractivity contribution is -0.317. The third-order valence-electron chi connectivity index (χ3n) is 0.688. The van der Waals surface area contributed by atoms with Crippen molar-refractivity contribution in [1.29, 1.82) is 0 Å². The van der Waals surface area contributed by atoms with Crippen molar-refractivity contribution in [3.8, 4) is 0 Å². The van der Waals surface area contributed by atoms with Crippen molar-refractivity contribution in [2.24, 2.45) is 0 Å². The molecule has 0 saturated carbocycles. The zero-order chi connectivity index (χ0) is 8.20. The third-order valence-corrected chi connectivity index (χ3v) is 0.688. The fourth-order valence-corrected chi connectivity index (χ4v) is 0.200. The average molecular weight is 162 g/mol. The van der Waals surface area contributed by atoms with E-state index in [1.807, 2.05) is 0 Å². The van der Waals surface area contributed by atoms with Gasteiger partial charge in [0.25, 0.3) is 0 Å². The number of hydrogen-bond donors (Lipinski definition) is 0. The van der Waals surface area contributed by atoms with Gasteiger partial charge in [-0.3, -0.25) is 0 Å². The molecule has 0 aromatic carbocycles. The maximum Gasteiger partial charge on any atom is 0.333 e. The predicted molar refractivity (Wildman–Crippen MR) is 23.9 cm³/mol. The van der Waals surface area contributed by atoms with Crippen LogP contribution >= 0.6 is 0 Å². The minimum Gasteiger partial charge on any atom is -0.240 e. The summed E-state index contributed by atoms with van der Waals surface area (Å²) in [4.78, 5) is 7.34. The molecule has 0 atom stereocenters. The molecule has 0 rings (SSSR count). The summed E-state index contributed by atoms with van der Waals surface area (Å²) in [5, 5.41) is 0. The second-order valence-corrected chi connectivity index (χ2v) is 1.49. The lowest BCUT2D eigenvalue weighted by Gasteiger charge is -2.12. The predicted octanol–water partition coefficient (Wildman–Crippen LogP) is 1.46. The highest BCUT2D eigenvalue weighted by molar-refractivity contribution is 4.66. The van der Waals surface area contributed by atoms with Crippen LogP contribution in [0.15, 0.2) is 0 Å². The van der Waals surface area contributed by atoms with Crippen LogP contribution in [0.1, 0.15) is 0 Å². The maximum absolute atomic E-state index is 11.8. The van der Waals surface area contributed by atoms with E-state index >= 15 is 0 Å². The summed E-state index contributed by atoms with van der Waals surface area (Å²) in [5.74, 6) is -4.13. The molecule has 0 heterocycles. The summed E-state index contributed by atoms with van der Waals surface area (Å²) >= 11 is 0. The van der Waals surface area contributed by atoms with Gasteiger partial charge < -0.3 is 0 Å². The zero-order valence-electron chi connectivity index (χ0n) is 5.11. The van der Waals surface area contributed by atoms with E-state index in [-0.39, 0.29) is 0 Å². The molecule has 0 aromatic rings. The fraction of sp³-hybridized carbons (Fsp3) is 1.00. The van der Waals surface area contributed by atoms with Gasteiger partial charge in [-0.1, -0.05) is 0 Å².